The molecular formula is C31H32N2O4. The Morgan fingerprint density at radius 1 is 1.00 bits per heavy atom. The van der Waals surface area contributed by atoms with E-state index in [0.29, 0.717) is 17.2 Å². The zero-order valence-electron chi connectivity index (χ0n) is 21.9. The zero-order valence-corrected chi connectivity index (χ0v) is 21.9. The highest BCUT2D eigenvalue weighted by Crippen LogP contribution is 2.43. The largest absolute Gasteiger partial charge is 0.507 e. The number of anilines is 2. The van der Waals surface area contributed by atoms with Crippen LogP contribution in [0, 0.1) is 0 Å². The molecule has 1 amide bonds. The van der Waals surface area contributed by atoms with Crippen molar-refractivity contribution in [2.45, 2.75) is 45.3 Å². The maximum Gasteiger partial charge on any atom is 0.300 e. The Bertz CT molecular complexity index is 1390. The Balaban J connectivity index is 1.66. The van der Waals surface area contributed by atoms with Crippen LogP contribution in [0.5, 0.6) is 5.75 Å². The smallest absolute Gasteiger partial charge is 0.300 e. The predicted molar refractivity (Wildman–Crippen MR) is 146 cm³/mol. The molecule has 3 aromatic carbocycles. The molecule has 0 aromatic heterocycles. The highest BCUT2D eigenvalue weighted by Gasteiger charge is 2.47. The number of hydrogen-bond donors (Lipinski definition) is 1. The first-order chi connectivity index (χ1) is 17.7. The maximum atomic E-state index is 13.5. The third-order valence-corrected chi connectivity index (χ3v) is 7.18. The van der Waals surface area contributed by atoms with E-state index in [1.807, 2.05) is 86.6 Å². The Kier molecular flexibility index (Phi) is 6.28. The topological polar surface area (TPSA) is 70.1 Å². The van der Waals surface area contributed by atoms with Gasteiger partial charge < -0.3 is 14.7 Å². The quantitative estimate of drug-likeness (QED) is 0.274. The minimum Gasteiger partial charge on any atom is -0.507 e. The molecule has 3 aromatic rings. The molecule has 37 heavy (non-hydrogen) atoms. The molecule has 1 N–H and O–H groups in total. The highest BCUT2D eigenvalue weighted by atomic mass is 16.5. The van der Waals surface area contributed by atoms with Crippen LogP contribution in [-0.2, 0) is 16.0 Å². The van der Waals surface area contributed by atoms with Crippen molar-refractivity contribution in [3.8, 4) is 5.75 Å². The summed E-state index contributed by atoms with van der Waals surface area (Å²) in [6.45, 7) is 6.23. The lowest BCUT2D eigenvalue weighted by molar-refractivity contribution is -0.132. The fourth-order valence-electron chi connectivity index (χ4n) is 5.11. The molecule has 0 bridgehead atoms. The summed E-state index contributed by atoms with van der Waals surface area (Å²) in [5.41, 5.74) is 5.06. The van der Waals surface area contributed by atoms with E-state index in [0.717, 1.165) is 34.5 Å². The second-order valence-electron chi connectivity index (χ2n) is 10.4. The van der Waals surface area contributed by atoms with Gasteiger partial charge in [0.25, 0.3) is 11.7 Å². The van der Waals surface area contributed by atoms with Crippen molar-refractivity contribution < 1.29 is 19.4 Å². The SMILES string of the molecule is CC1Cc2cc(/C(O)=C3/C(=O)C(=O)N(c4ccc(N(C)C)cc4)C3c3ccc(C(C)C)cc3)ccc2O1. The number of ether oxygens (including phenoxy) is 1. The first-order valence-electron chi connectivity index (χ1n) is 12.6. The van der Waals surface area contributed by atoms with Crippen molar-refractivity contribution in [1.82, 2.24) is 0 Å². The number of amides is 1. The number of carbonyl (C=O) groups excluding carboxylic acids is 2. The predicted octanol–water partition coefficient (Wildman–Crippen LogP) is 5.83. The average Bonchev–Trinajstić information content (AvgIpc) is 3.39. The van der Waals surface area contributed by atoms with Crippen LogP contribution < -0.4 is 14.5 Å². The first-order valence-corrected chi connectivity index (χ1v) is 12.6. The minimum atomic E-state index is -0.755. The number of ketones is 1. The van der Waals surface area contributed by atoms with Crippen molar-refractivity contribution in [2.24, 2.45) is 0 Å². The molecule has 2 unspecified atom stereocenters. The summed E-state index contributed by atoms with van der Waals surface area (Å²) in [5.74, 6) is -0.403. The third kappa shape index (κ3) is 4.37. The summed E-state index contributed by atoms with van der Waals surface area (Å²) in [5, 5.41) is 11.5. The summed E-state index contributed by atoms with van der Waals surface area (Å²) in [4.78, 5) is 30.4. The number of carbonyl (C=O) groups is 2. The minimum absolute atomic E-state index is 0.0579. The summed E-state index contributed by atoms with van der Waals surface area (Å²) in [6.07, 6.45) is 0.783. The molecule has 6 nitrogen and oxygen atoms in total. The van der Waals surface area contributed by atoms with Gasteiger partial charge in [-0.2, -0.15) is 0 Å². The van der Waals surface area contributed by atoms with Gasteiger partial charge in [-0.3, -0.25) is 14.5 Å². The van der Waals surface area contributed by atoms with Gasteiger partial charge in [0.15, 0.2) is 0 Å². The third-order valence-electron chi connectivity index (χ3n) is 7.18. The van der Waals surface area contributed by atoms with E-state index in [1.165, 1.54) is 4.90 Å². The zero-order chi connectivity index (χ0) is 26.4. The van der Waals surface area contributed by atoms with E-state index < -0.39 is 17.7 Å². The van der Waals surface area contributed by atoms with Crippen LogP contribution >= 0.6 is 0 Å². The van der Waals surface area contributed by atoms with Crippen molar-refractivity contribution in [3.05, 3.63) is 94.6 Å². The maximum absolute atomic E-state index is 13.5. The van der Waals surface area contributed by atoms with Crippen molar-refractivity contribution in [3.63, 3.8) is 0 Å². The number of rotatable bonds is 5. The Morgan fingerprint density at radius 3 is 2.30 bits per heavy atom. The molecule has 5 rings (SSSR count). The monoisotopic (exact) mass is 496 g/mol. The van der Waals surface area contributed by atoms with Crippen LogP contribution in [0.1, 0.15) is 55.0 Å². The lowest BCUT2D eigenvalue weighted by Gasteiger charge is -2.26. The van der Waals surface area contributed by atoms with E-state index in [9.17, 15) is 14.7 Å². The van der Waals surface area contributed by atoms with Crippen molar-refractivity contribution in [1.29, 1.82) is 0 Å². The van der Waals surface area contributed by atoms with Gasteiger partial charge in [0.2, 0.25) is 0 Å². The molecule has 0 spiro atoms. The summed E-state index contributed by atoms with van der Waals surface area (Å²) < 4.78 is 5.80. The van der Waals surface area contributed by atoms with E-state index in [2.05, 4.69) is 13.8 Å². The second-order valence-corrected chi connectivity index (χ2v) is 10.4. The Morgan fingerprint density at radius 2 is 1.68 bits per heavy atom. The van der Waals surface area contributed by atoms with Gasteiger partial charge in [-0.05, 0) is 72.0 Å². The molecular weight excluding hydrogens is 464 g/mol. The molecule has 1 saturated heterocycles. The first kappa shape index (κ1) is 24.6. The number of fused-ring (bicyclic) bond motifs is 1. The van der Waals surface area contributed by atoms with Gasteiger partial charge in [-0.15, -0.1) is 0 Å². The van der Waals surface area contributed by atoms with Crippen LogP contribution in [-0.4, -0.2) is 37.0 Å². The van der Waals surface area contributed by atoms with Gasteiger partial charge in [0.05, 0.1) is 11.6 Å². The van der Waals surface area contributed by atoms with E-state index in [-0.39, 0.29) is 17.4 Å². The number of aliphatic hydroxyl groups excluding tert-OH is 1. The molecule has 6 heteroatoms. The fourth-order valence-corrected chi connectivity index (χ4v) is 5.11. The molecule has 2 heterocycles. The number of hydrogen-bond acceptors (Lipinski definition) is 5. The van der Waals surface area contributed by atoms with E-state index in [4.69, 9.17) is 4.74 Å². The second kappa shape index (κ2) is 9.43. The molecule has 0 saturated carbocycles. The summed E-state index contributed by atoms with van der Waals surface area (Å²) >= 11 is 0. The molecule has 190 valence electrons. The number of aliphatic hydroxyl groups is 1. The van der Waals surface area contributed by atoms with Crippen molar-refractivity contribution >= 4 is 28.8 Å². The molecule has 1 fully saturated rings. The molecule has 2 aliphatic heterocycles. The van der Waals surface area contributed by atoms with Gasteiger partial charge in [-0.1, -0.05) is 38.1 Å². The number of Topliss-reactive ketones (excluding diaryl/α,β-unsaturated/α-hetero) is 1. The lowest BCUT2D eigenvalue weighted by atomic mass is 9.92. The Hall–Kier alpha value is -4.06. The van der Waals surface area contributed by atoms with Crippen molar-refractivity contribution in [2.75, 3.05) is 23.9 Å². The van der Waals surface area contributed by atoms with E-state index in [1.54, 1.807) is 6.07 Å². The van der Waals surface area contributed by atoms with Gasteiger partial charge in [0, 0.05) is 37.5 Å². The fraction of sp³-hybridized carbons (Fsp3) is 0.290. The summed E-state index contributed by atoms with van der Waals surface area (Å²) in [7, 11) is 3.89. The normalized spacial score (nSPS) is 20.3. The van der Waals surface area contributed by atoms with Gasteiger partial charge in [-0.25, -0.2) is 0 Å². The Labute approximate surface area is 217 Å². The molecule has 0 aliphatic carbocycles. The standard InChI is InChI=1S/C31H32N2O4/c1-18(2)20-6-8-21(9-7-20)28-27(29(34)22-10-15-26-23(17-22)16-19(3)37-26)30(35)31(36)33(28)25-13-11-24(12-14-25)32(4)5/h6-15,17-19,28,34H,16H2,1-5H3/b29-27-. The van der Waals surface area contributed by atoms with Crippen LogP contribution in [0.3, 0.4) is 0 Å². The molecule has 2 aliphatic rings. The average molecular weight is 497 g/mol. The van der Waals surface area contributed by atoms with Crippen LogP contribution in [0.15, 0.2) is 72.3 Å². The molecule has 0 radical (unpaired) electrons. The summed E-state index contributed by atoms with van der Waals surface area (Å²) in [6, 6.07) is 20.1. The lowest BCUT2D eigenvalue weighted by Crippen LogP contribution is -2.29. The van der Waals surface area contributed by atoms with Gasteiger partial charge in [0.1, 0.15) is 17.6 Å². The van der Waals surface area contributed by atoms with Crippen LogP contribution in [0.25, 0.3) is 5.76 Å². The number of nitrogens with zero attached hydrogens (tertiary/aromatic N) is 2. The van der Waals surface area contributed by atoms with Crippen LogP contribution in [0.2, 0.25) is 0 Å². The van der Waals surface area contributed by atoms with E-state index >= 15 is 0 Å². The van der Waals surface area contributed by atoms with Gasteiger partial charge >= 0.3 is 0 Å². The number of benzene rings is 3. The molecule has 2 atom stereocenters. The van der Waals surface area contributed by atoms with Crippen LogP contribution in [0.4, 0.5) is 11.4 Å². The highest BCUT2D eigenvalue weighted by molar-refractivity contribution is 6.51.